The van der Waals surface area contributed by atoms with Crippen LogP contribution in [0.5, 0.6) is 0 Å². The van der Waals surface area contributed by atoms with Crippen LogP contribution in [0.3, 0.4) is 0 Å². The van der Waals surface area contributed by atoms with Gasteiger partial charge in [-0.25, -0.2) is 0 Å². The Morgan fingerprint density at radius 2 is 1.46 bits per heavy atom. The Labute approximate surface area is 166 Å². The lowest BCUT2D eigenvalue weighted by Crippen LogP contribution is -2.29. The fourth-order valence-electron chi connectivity index (χ4n) is 3.64. The van der Waals surface area contributed by atoms with Crippen molar-refractivity contribution in [3.05, 3.63) is 114 Å². The van der Waals surface area contributed by atoms with Crippen LogP contribution in [0.2, 0.25) is 0 Å². The third-order valence-corrected chi connectivity index (χ3v) is 5.17. The molecule has 1 saturated heterocycles. The zero-order valence-corrected chi connectivity index (χ0v) is 15.8. The van der Waals surface area contributed by atoms with Gasteiger partial charge in [0.25, 0.3) is 5.91 Å². The standard InChI is InChI=1S/C26H23NO/c1-20-18-25(27(26(20)28)17-16-21-8-4-2-5-9-21)19-22-12-14-24(15-13-22)23-10-6-3-7-11-23/h2-17,25H,1,18-19H2. The van der Waals surface area contributed by atoms with E-state index in [0.29, 0.717) is 12.0 Å². The van der Waals surface area contributed by atoms with Gasteiger partial charge in [-0.15, -0.1) is 0 Å². The summed E-state index contributed by atoms with van der Waals surface area (Å²) in [5, 5.41) is 0. The Kier molecular flexibility index (Phi) is 5.20. The number of hydrogen-bond donors (Lipinski definition) is 0. The van der Waals surface area contributed by atoms with E-state index in [4.69, 9.17) is 0 Å². The summed E-state index contributed by atoms with van der Waals surface area (Å²) in [5.74, 6) is 0.0260. The van der Waals surface area contributed by atoms with Crippen LogP contribution in [0.15, 0.2) is 103 Å². The van der Waals surface area contributed by atoms with Crippen molar-refractivity contribution < 1.29 is 4.79 Å². The SMILES string of the molecule is C=C1CC(Cc2ccc(-c3ccccc3)cc2)N(C=Cc2ccccc2)C1=O. The molecule has 3 aromatic carbocycles. The number of hydrogen-bond acceptors (Lipinski definition) is 1. The highest BCUT2D eigenvalue weighted by molar-refractivity contribution is 5.96. The summed E-state index contributed by atoms with van der Waals surface area (Å²) in [4.78, 5) is 14.4. The zero-order valence-electron chi connectivity index (χ0n) is 15.8. The van der Waals surface area contributed by atoms with Crippen LogP contribution in [0.4, 0.5) is 0 Å². The first-order chi connectivity index (χ1) is 13.7. The maximum Gasteiger partial charge on any atom is 0.253 e. The highest BCUT2D eigenvalue weighted by atomic mass is 16.2. The summed E-state index contributed by atoms with van der Waals surface area (Å²) in [6, 6.07) is 29.1. The summed E-state index contributed by atoms with van der Waals surface area (Å²) in [6.45, 7) is 3.96. The van der Waals surface area contributed by atoms with Crippen LogP contribution in [-0.2, 0) is 11.2 Å². The third kappa shape index (κ3) is 3.96. The average molecular weight is 365 g/mol. The van der Waals surface area contributed by atoms with Gasteiger partial charge in [-0.1, -0.05) is 91.5 Å². The van der Waals surface area contributed by atoms with E-state index in [-0.39, 0.29) is 11.9 Å². The van der Waals surface area contributed by atoms with Gasteiger partial charge in [0, 0.05) is 17.8 Å². The van der Waals surface area contributed by atoms with Gasteiger partial charge in [0.2, 0.25) is 0 Å². The Morgan fingerprint density at radius 3 is 2.14 bits per heavy atom. The largest absolute Gasteiger partial charge is 0.312 e. The number of nitrogens with zero attached hydrogens (tertiary/aromatic N) is 1. The van der Waals surface area contributed by atoms with Gasteiger partial charge in [0.15, 0.2) is 0 Å². The Bertz CT molecular complexity index is 988. The molecule has 2 heteroatoms. The van der Waals surface area contributed by atoms with E-state index in [0.717, 1.165) is 12.0 Å². The first-order valence-corrected chi connectivity index (χ1v) is 9.59. The molecule has 0 saturated carbocycles. The molecule has 1 atom stereocenters. The lowest BCUT2D eigenvalue weighted by molar-refractivity contribution is -0.123. The van der Waals surface area contributed by atoms with E-state index in [9.17, 15) is 4.79 Å². The number of likely N-dealkylation sites (tertiary alicyclic amines) is 1. The second-order valence-electron chi connectivity index (χ2n) is 7.17. The zero-order chi connectivity index (χ0) is 19.3. The molecular weight excluding hydrogens is 342 g/mol. The molecule has 0 aliphatic carbocycles. The first-order valence-electron chi connectivity index (χ1n) is 9.59. The van der Waals surface area contributed by atoms with Gasteiger partial charge in [-0.3, -0.25) is 4.79 Å². The molecule has 4 rings (SSSR count). The van der Waals surface area contributed by atoms with Gasteiger partial charge in [0.1, 0.15) is 0 Å². The van der Waals surface area contributed by atoms with E-state index in [1.165, 1.54) is 16.7 Å². The van der Waals surface area contributed by atoms with Crippen molar-refractivity contribution in [1.29, 1.82) is 0 Å². The minimum absolute atomic E-state index is 0.0260. The molecule has 0 spiro atoms. The molecule has 1 aliphatic heterocycles. The van der Waals surface area contributed by atoms with Crippen molar-refractivity contribution in [3.63, 3.8) is 0 Å². The first kappa shape index (κ1) is 18.0. The molecular formula is C26H23NO. The van der Waals surface area contributed by atoms with Gasteiger partial charge in [-0.05, 0) is 41.2 Å². The van der Waals surface area contributed by atoms with Gasteiger partial charge in [-0.2, -0.15) is 0 Å². The summed E-state index contributed by atoms with van der Waals surface area (Å²) in [5.41, 5.74) is 5.41. The fourth-order valence-corrected chi connectivity index (χ4v) is 3.64. The Hall–Kier alpha value is -3.39. The maximum atomic E-state index is 12.5. The topological polar surface area (TPSA) is 20.3 Å². The molecule has 2 nitrogen and oxygen atoms in total. The smallest absolute Gasteiger partial charge is 0.253 e. The molecule has 28 heavy (non-hydrogen) atoms. The molecule has 1 fully saturated rings. The molecule has 1 heterocycles. The molecule has 0 radical (unpaired) electrons. The monoisotopic (exact) mass is 365 g/mol. The maximum absolute atomic E-state index is 12.5. The van der Waals surface area contributed by atoms with E-state index < -0.39 is 0 Å². The summed E-state index contributed by atoms with van der Waals surface area (Å²) < 4.78 is 0. The number of amides is 1. The molecule has 0 aromatic heterocycles. The van der Waals surface area contributed by atoms with Crippen molar-refractivity contribution in [3.8, 4) is 11.1 Å². The second kappa shape index (κ2) is 8.10. The Balaban J connectivity index is 1.50. The minimum Gasteiger partial charge on any atom is -0.312 e. The molecule has 138 valence electrons. The normalized spacial score (nSPS) is 16.9. The number of benzene rings is 3. The van der Waals surface area contributed by atoms with Gasteiger partial charge >= 0.3 is 0 Å². The quantitative estimate of drug-likeness (QED) is 0.529. The summed E-state index contributed by atoms with van der Waals surface area (Å²) >= 11 is 0. The fraction of sp³-hybridized carbons (Fsp3) is 0.115. The Morgan fingerprint density at radius 1 is 0.857 bits per heavy atom. The lowest BCUT2D eigenvalue weighted by Gasteiger charge is -2.20. The van der Waals surface area contributed by atoms with Gasteiger partial charge < -0.3 is 4.90 Å². The molecule has 0 N–H and O–H groups in total. The minimum atomic E-state index is 0.0260. The van der Waals surface area contributed by atoms with E-state index >= 15 is 0 Å². The highest BCUT2D eigenvalue weighted by Gasteiger charge is 2.32. The lowest BCUT2D eigenvalue weighted by atomic mass is 9.99. The van der Waals surface area contributed by atoms with Crippen molar-refractivity contribution in [2.24, 2.45) is 0 Å². The summed E-state index contributed by atoms with van der Waals surface area (Å²) in [7, 11) is 0. The number of rotatable bonds is 5. The van der Waals surface area contributed by atoms with Crippen LogP contribution < -0.4 is 0 Å². The number of carbonyl (C=O) groups excluding carboxylic acids is 1. The predicted octanol–water partition coefficient (Wildman–Crippen LogP) is 5.72. The van der Waals surface area contributed by atoms with E-state index in [2.05, 4.69) is 55.1 Å². The molecule has 1 amide bonds. The average Bonchev–Trinajstić information content (AvgIpc) is 3.01. The van der Waals surface area contributed by atoms with Crippen LogP contribution in [0, 0.1) is 0 Å². The van der Waals surface area contributed by atoms with E-state index in [1.54, 1.807) is 0 Å². The highest BCUT2D eigenvalue weighted by Crippen LogP contribution is 2.27. The summed E-state index contributed by atoms with van der Waals surface area (Å²) in [6.07, 6.45) is 5.41. The molecule has 0 bridgehead atoms. The van der Waals surface area contributed by atoms with Crippen LogP contribution in [-0.4, -0.2) is 16.8 Å². The van der Waals surface area contributed by atoms with Crippen LogP contribution in [0.25, 0.3) is 17.2 Å². The van der Waals surface area contributed by atoms with Crippen molar-refractivity contribution in [1.82, 2.24) is 4.90 Å². The second-order valence-corrected chi connectivity index (χ2v) is 7.17. The van der Waals surface area contributed by atoms with Crippen molar-refractivity contribution in [2.45, 2.75) is 18.9 Å². The van der Waals surface area contributed by atoms with Crippen molar-refractivity contribution in [2.75, 3.05) is 0 Å². The molecule has 1 aliphatic rings. The number of carbonyl (C=O) groups is 1. The van der Waals surface area contributed by atoms with Gasteiger partial charge in [0.05, 0.1) is 0 Å². The van der Waals surface area contributed by atoms with Crippen LogP contribution >= 0.6 is 0 Å². The van der Waals surface area contributed by atoms with Crippen molar-refractivity contribution >= 4 is 12.0 Å². The third-order valence-electron chi connectivity index (χ3n) is 5.17. The molecule has 3 aromatic rings. The predicted molar refractivity (Wildman–Crippen MR) is 115 cm³/mol. The van der Waals surface area contributed by atoms with Crippen LogP contribution in [0.1, 0.15) is 17.5 Å². The van der Waals surface area contributed by atoms with E-state index in [1.807, 2.05) is 53.6 Å². The molecule has 1 unspecified atom stereocenters.